The second-order valence-corrected chi connectivity index (χ2v) is 7.99. The summed E-state index contributed by atoms with van der Waals surface area (Å²) in [6.45, 7) is 0.721. The quantitative estimate of drug-likeness (QED) is 0.553. The average Bonchev–Trinajstić information content (AvgIpc) is 2.79. The molecule has 158 valence electrons. The van der Waals surface area contributed by atoms with Crippen molar-refractivity contribution >= 4 is 33.4 Å². The maximum absolute atomic E-state index is 12.5. The number of benzene rings is 3. The molecule has 0 fully saturated rings. The van der Waals surface area contributed by atoms with Gasteiger partial charge in [0.2, 0.25) is 5.91 Å². The van der Waals surface area contributed by atoms with E-state index in [-0.39, 0.29) is 25.0 Å². The van der Waals surface area contributed by atoms with Crippen LogP contribution in [0, 0.1) is 0 Å². The van der Waals surface area contributed by atoms with Crippen LogP contribution < -0.4 is 19.7 Å². The van der Waals surface area contributed by atoms with E-state index in [2.05, 4.69) is 21.2 Å². The molecule has 2 amide bonds. The summed E-state index contributed by atoms with van der Waals surface area (Å²) in [6.07, 6.45) is 0. The molecule has 0 unspecified atom stereocenters. The molecule has 0 radical (unpaired) electrons. The van der Waals surface area contributed by atoms with Crippen molar-refractivity contribution in [1.82, 2.24) is 5.32 Å². The van der Waals surface area contributed by atoms with Gasteiger partial charge in [-0.05, 0) is 41.5 Å². The van der Waals surface area contributed by atoms with E-state index in [4.69, 9.17) is 9.47 Å². The first-order chi connectivity index (χ1) is 15.1. The summed E-state index contributed by atoms with van der Waals surface area (Å²) in [4.78, 5) is 26.2. The molecule has 4 rings (SSSR count). The van der Waals surface area contributed by atoms with Crippen molar-refractivity contribution < 1.29 is 19.1 Å². The predicted octanol–water partition coefficient (Wildman–Crippen LogP) is 4.07. The van der Waals surface area contributed by atoms with Crippen LogP contribution in [0.2, 0.25) is 0 Å². The van der Waals surface area contributed by atoms with E-state index in [9.17, 15) is 9.59 Å². The molecule has 0 saturated heterocycles. The average molecular weight is 481 g/mol. The number of nitrogens with one attached hydrogen (secondary N) is 1. The Morgan fingerprint density at radius 2 is 1.77 bits per heavy atom. The van der Waals surface area contributed by atoms with Gasteiger partial charge in [0, 0.05) is 11.0 Å². The van der Waals surface area contributed by atoms with Gasteiger partial charge in [-0.3, -0.25) is 14.5 Å². The molecule has 0 aliphatic carbocycles. The highest BCUT2D eigenvalue weighted by Crippen LogP contribution is 2.34. The van der Waals surface area contributed by atoms with Gasteiger partial charge in [0.1, 0.15) is 24.7 Å². The molecule has 3 aromatic rings. The number of rotatable bonds is 7. The maximum atomic E-state index is 12.5. The van der Waals surface area contributed by atoms with Crippen molar-refractivity contribution in [2.45, 2.75) is 13.2 Å². The number of nitrogens with zero attached hydrogens (tertiary/aromatic N) is 1. The topological polar surface area (TPSA) is 67.9 Å². The van der Waals surface area contributed by atoms with Crippen molar-refractivity contribution in [1.29, 1.82) is 0 Å². The fraction of sp³-hybridized carbons (Fsp3) is 0.167. The van der Waals surface area contributed by atoms with Crippen LogP contribution in [-0.2, 0) is 22.7 Å². The SMILES string of the molecule is O=C(CN1C(=O)COc2cc(Br)ccc21)NCc1ccc(COc2ccccc2)cc1. The molecule has 0 spiro atoms. The summed E-state index contributed by atoms with van der Waals surface area (Å²) in [7, 11) is 0. The highest BCUT2D eigenvalue weighted by Gasteiger charge is 2.27. The zero-order valence-electron chi connectivity index (χ0n) is 16.7. The van der Waals surface area contributed by atoms with E-state index in [1.165, 1.54) is 4.90 Å². The van der Waals surface area contributed by atoms with Crippen LogP contribution in [0.4, 0.5) is 5.69 Å². The van der Waals surface area contributed by atoms with Crippen LogP contribution >= 0.6 is 15.9 Å². The minimum atomic E-state index is -0.243. The molecule has 1 heterocycles. The summed E-state index contributed by atoms with van der Waals surface area (Å²) < 4.78 is 12.0. The Labute approximate surface area is 188 Å². The van der Waals surface area contributed by atoms with Crippen LogP contribution in [-0.4, -0.2) is 25.0 Å². The molecule has 0 atom stereocenters. The van der Waals surface area contributed by atoms with E-state index >= 15 is 0 Å². The number of para-hydroxylation sites is 1. The van der Waals surface area contributed by atoms with Gasteiger partial charge in [0.25, 0.3) is 5.91 Å². The zero-order valence-corrected chi connectivity index (χ0v) is 18.3. The Balaban J connectivity index is 1.29. The largest absolute Gasteiger partial charge is 0.489 e. The van der Waals surface area contributed by atoms with Gasteiger partial charge in [-0.15, -0.1) is 0 Å². The van der Waals surface area contributed by atoms with Crippen molar-refractivity contribution in [3.8, 4) is 11.5 Å². The van der Waals surface area contributed by atoms with Crippen molar-refractivity contribution in [2.24, 2.45) is 0 Å². The summed E-state index contributed by atoms with van der Waals surface area (Å²) in [5.41, 5.74) is 2.60. The Morgan fingerprint density at radius 3 is 2.55 bits per heavy atom. The molecule has 0 aromatic heterocycles. The molecule has 1 aliphatic heterocycles. The van der Waals surface area contributed by atoms with E-state index in [0.717, 1.165) is 21.3 Å². The molecule has 7 heteroatoms. The number of hydrogen-bond donors (Lipinski definition) is 1. The van der Waals surface area contributed by atoms with Crippen LogP contribution in [0.1, 0.15) is 11.1 Å². The van der Waals surface area contributed by atoms with Gasteiger partial charge in [-0.2, -0.15) is 0 Å². The number of anilines is 1. The number of carbonyl (C=O) groups excluding carboxylic acids is 2. The normalized spacial score (nSPS) is 12.7. The summed E-state index contributed by atoms with van der Waals surface area (Å²) in [5.74, 6) is 0.925. The van der Waals surface area contributed by atoms with Crippen LogP contribution in [0.3, 0.4) is 0 Å². The third kappa shape index (κ3) is 5.44. The van der Waals surface area contributed by atoms with Crippen LogP contribution in [0.5, 0.6) is 11.5 Å². The first-order valence-corrected chi connectivity index (χ1v) is 10.6. The molecular weight excluding hydrogens is 460 g/mol. The smallest absolute Gasteiger partial charge is 0.265 e. The van der Waals surface area contributed by atoms with E-state index in [0.29, 0.717) is 24.6 Å². The second kappa shape index (κ2) is 9.66. The molecule has 3 aromatic carbocycles. The Bertz CT molecular complexity index is 1070. The summed E-state index contributed by atoms with van der Waals surface area (Å²) >= 11 is 3.38. The van der Waals surface area contributed by atoms with Crippen LogP contribution in [0.25, 0.3) is 0 Å². The van der Waals surface area contributed by atoms with Gasteiger partial charge < -0.3 is 14.8 Å². The van der Waals surface area contributed by atoms with Gasteiger partial charge in [-0.1, -0.05) is 58.4 Å². The van der Waals surface area contributed by atoms with Gasteiger partial charge >= 0.3 is 0 Å². The molecular formula is C24H21BrN2O4. The minimum absolute atomic E-state index is 0.0557. The van der Waals surface area contributed by atoms with E-state index in [1.54, 1.807) is 12.1 Å². The van der Waals surface area contributed by atoms with Gasteiger partial charge in [0.15, 0.2) is 6.61 Å². The fourth-order valence-electron chi connectivity index (χ4n) is 3.19. The lowest BCUT2D eigenvalue weighted by atomic mass is 10.1. The number of fused-ring (bicyclic) bond motifs is 1. The van der Waals surface area contributed by atoms with E-state index < -0.39 is 0 Å². The molecule has 1 aliphatic rings. The lowest BCUT2D eigenvalue weighted by Crippen LogP contribution is -2.45. The highest BCUT2D eigenvalue weighted by molar-refractivity contribution is 9.10. The van der Waals surface area contributed by atoms with Crippen molar-refractivity contribution in [2.75, 3.05) is 18.1 Å². The maximum Gasteiger partial charge on any atom is 0.265 e. The number of hydrogen-bond acceptors (Lipinski definition) is 4. The van der Waals surface area contributed by atoms with E-state index in [1.807, 2.05) is 60.7 Å². The van der Waals surface area contributed by atoms with Gasteiger partial charge in [0.05, 0.1) is 5.69 Å². The summed E-state index contributed by atoms with van der Waals surface area (Å²) in [6, 6.07) is 22.9. The number of carbonyl (C=O) groups is 2. The first kappa shape index (κ1) is 20.9. The molecule has 0 bridgehead atoms. The van der Waals surface area contributed by atoms with Crippen molar-refractivity contribution in [3.63, 3.8) is 0 Å². The van der Waals surface area contributed by atoms with Gasteiger partial charge in [-0.25, -0.2) is 0 Å². The molecule has 1 N–H and O–H groups in total. The lowest BCUT2D eigenvalue weighted by Gasteiger charge is -2.29. The predicted molar refractivity (Wildman–Crippen MR) is 121 cm³/mol. The third-order valence-corrected chi connectivity index (χ3v) is 5.32. The molecule has 31 heavy (non-hydrogen) atoms. The first-order valence-electron chi connectivity index (χ1n) is 9.83. The molecule has 6 nitrogen and oxygen atoms in total. The standard InChI is InChI=1S/C24H21BrN2O4/c25-19-10-11-21-22(12-19)31-16-24(29)27(21)14-23(28)26-13-17-6-8-18(9-7-17)15-30-20-4-2-1-3-5-20/h1-12H,13-16H2,(H,26,28). The zero-order chi connectivity index (χ0) is 21.6. The third-order valence-electron chi connectivity index (χ3n) is 4.83. The number of amides is 2. The fourth-order valence-corrected chi connectivity index (χ4v) is 3.53. The van der Waals surface area contributed by atoms with Crippen molar-refractivity contribution in [3.05, 3.63) is 88.4 Å². The Hall–Kier alpha value is -3.32. The number of halogens is 1. The lowest BCUT2D eigenvalue weighted by molar-refractivity contribution is -0.125. The van der Waals surface area contributed by atoms with Crippen LogP contribution in [0.15, 0.2) is 77.3 Å². The highest BCUT2D eigenvalue weighted by atomic mass is 79.9. The Kier molecular flexibility index (Phi) is 6.52. The summed E-state index contributed by atoms with van der Waals surface area (Å²) in [5, 5.41) is 2.87. The monoisotopic (exact) mass is 480 g/mol. The minimum Gasteiger partial charge on any atom is -0.489 e. The number of ether oxygens (including phenoxy) is 2. The Morgan fingerprint density at radius 1 is 1.03 bits per heavy atom. The second-order valence-electron chi connectivity index (χ2n) is 7.08. The molecule has 0 saturated carbocycles.